The van der Waals surface area contributed by atoms with Crippen molar-refractivity contribution in [3.8, 4) is 0 Å². The highest BCUT2D eigenvalue weighted by Gasteiger charge is 2.27. The SMILES string of the molecule is C1=CC2=NC=C(n3c4cccnc4c4c5sc6ccccc6c5ccc43)C2C=C1. The highest BCUT2D eigenvalue weighted by Crippen LogP contribution is 2.44. The van der Waals surface area contributed by atoms with Crippen LogP contribution in [0.3, 0.4) is 0 Å². The predicted molar refractivity (Wildman–Crippen MR) is 124 cm³/mol. The molecule has 0 amide bonds. The van der Waals surface area contributed by atoms with Crippen LogP contribution in [0.1, 0.15) is 0 Å². The number of rotatable bonds is 1. The fourth-order valence-corrected chi connectivity index (χ4v) is 5.94. The minimum Gasteiger partial charge on any atom is -0.309 e. The topological polar surface area (TPSA) is 30.2 Å². The van der Waals surface area contributed by atoms with Gasteiger partial charge in [0.05, 0.1) is 33.9 Å². The van der Waals surface area contributed by atoms with Crippen LogP contribution in [0.2, 0.25) is 0 Å². The molecule has 3 nitrogen and oxygen atoms in total. The van der Waals surface area contributed by atoms with Gasteiger partial charge in [0, 0.05) is 38.0 Å². The number of fused-ring (bicyclic) bond motifs is 8. The molecule has 5 aromatic rings. The van der Waals surface area contributed by atoms with Crippen molar-refractivity contribution in [2.45, 2.75) is 0 Å². The molecule has 136 valence electrons. The zero-order chi connectivity index (χ0) is 18.9. The minimum atomic E-state index is 0.192. The second-order valence-corrected chi connectivity index (χ2v) is 8.52. The summed E-state index contributed by atoms with van der Waals surface area (Å²) >= 11 is 1.86. The molecule has 1 unspecified atom stereocenters. The summed E-state index contributed by atoms with van der Waals surface area (Å²) < 4.78 is 4.98. The molecule has 0 saturated carbocycles. The quantitative estimate of drug-likeness (QED) is 0.320. The lowest BCUT2D eigenvalue weighted by molar-refractivity contribution is 1.05. The van der Waals surface area contributed by atoms with Gasteiger partial charge in [-0.25, -0.2) is 0 Å². The number of allylic oxidation sites excluding steroid dienone is 5. The Balaban J connectivity index is 1.63. The maximum atomic E-state index is 4.81. The molecule has 2 aromatic carbocycles. The van der Waals surface area contributed by atoms with Crippen LogP contribution >= 0.6 is 11.3 Å². The highest BCUT2D eigenvalue weighted by molar-refractivity contribution is 7.26. The second-order valence-electron chi connectivity index (χ2n) is 7.47. The number of aromatic nitrogens is 2. The van der Waals surface area contributed by atoms with Crippen LogP contribution in [-0.2, 0) is 0 Å². The van der Waals surface area contributed by atoms with Gasteiger partial charge in [0.25, 0.3) is 0 Å². The third-order valence-electron chi connectivity index (χ3n) is 5.95. The van der Waals surface area contributed by atoms with E-state index in [1.165, 1.54) is 36.8 Å². The average molecular weight is 389 g/mol. The molecule has 4 heterocycles. The molecule has 7 rings (SSSR count). The second kappa shape index (κ2) is 5.52. The molecule has 0 bridgehead atoms. The summed E-state index contributed by atoms with van der Waals surface area (Å²) in [6, 6.07) is 17.4. The van der Waals surface area contributed by atoms with Gasteiger partial charge < -0.3 is 4.57 Å². The van der Waals surface area contributed by atoms with E-state index in [0.717, 1.165) is 16.7 Å². The van der Waals surface area contributed by atoms with Crippen LogP contribution in [0.5, 0.6) is 0 Å². The molecule has 1 aliphatic heterocycles. The Morgan fingerprint density at radius 2 is 1.86 bits per heavy atom. The molecule has 3 aromatic heterocycles. The van der Waals surface area contributed by atoms with E-state index < -0.39 is 0 Å². The highest BCUT2D eigenvalue weighted by atomic mass is 32.1. The Bertz CT molecular complexity index is 1610. The van der Waals surface area contributed by atoms with Crippen LogP contribution in [0.4, 0.5) is 0 Å². The van der Waals surface area contributed by atoms with E-state index in [4.69, 9.17) is 4.98 Å². The molecule has 0 spiro atoms. The summed E-state index contributed by atoms with van der Waals surface area (Å²) in [4.78, 5) is 9.50. The maximum absolute atomic E-state index is 4.81. The lowest BCUT2D eigenvalue weighted by atomic mass is 9.97. The molecule has 0 fully saturated rings. The van der Waals surface area contributed by atoms with Gasteiger partial charge in [-0.05, 0) is 30.3 Å². The van der Waals surface area contributed by atoms with Crippen molar-refractivity contribution in [2.24, 2.45) is 10.9 Å². The van der Waals surface area contributed by atoms with E-state index in [-0.39, 0.29) is 5.92 Å². The number of thiophene rings is 1. The number of hydrogen-bond donors (Lipinski definition) is 0. The summed E-state index contributed by atoms with van der Waals surface area (Å²) in [7, 11) is 0. The van der Waals surface area contributed by atoms with Gasteiger partial charge >= 0.3 is 0 Å². The number of nitrogens with zero attached hydrogens (tertiary/aromatic N) is 3. The largest absolute Gasteiger partial charge is 0.309 e. The first-order valence-corrected chi connectivity index (χ1v) is 10.5. The van der Waals surface area contributed by atoms with Gasteiger partial charge in [0.2, 0.25) is 0 Å². The Morgan fingerprint density at radius 1 is 0.897 bits per heavy atom. The lowest BCUT2D eigenvalue weighted by Crippen LogP contribution is -2.13. The Labute approximate surface area is 170 Å². The lowest BCUT2D eigenvalue weighted by Gasteiger charge is -2.17. The average Bonchev–Trinajstić information content (AvgIpc) is 3.44. The number of aliphatic imine (C=N–C) groups is 1. The zero-order valence-corrected chi connectivity index (χ0v) is 16.2. The monoisotopic (exact) mass is 389 g/mol. The van der Waals surface area contributed by atoms with Crippen molar-refractivity contribution < 1.29 is 0 Å². The van der Waals surface area contributed by atoms with Crippen LogP contribution in [0, 0.1) is 5.92 Å². The van der Waals surface area contributed by atoms with E-state index in [1.807, 2.05) is 29.8 Å². The molecular weight excluding hydrogens is 374 g/mol. The normalized spacial score (nSPS) is 18.1. The summed E-state index contributed by atoms with van der Waals surface area (Å²) in [6.07, 6.45) is 12.4. The standard InChI is InChI=1S/C25H15N3S/c1-3-8-18-17(7-1)21(14-27-18)28-19-12-11-16-15-6-2-4-10-22(15)29-25(16)23(19)24-20(28)9-5-13-26-24/h1-14,17H. The van der Waals surface area contributed by atoms with Gasteiger partial charge in [-0.3, -0.25) is 9.98 Å². The summed E-state index contributed by atoms with van der Waals surface area (Å²) in [6.45, 7) is 0. The molecule has 0 radical (unpaired) electrons. The van der Waals surface area contributed by atoms with E-state index in [0.29, 0.717) is 0 Å². The van der Waals surface area contributed by atoms with E-state index in [1.54, 1.807) is 0 Å². The van der Waals surface area contributed by atoms with Gasteiger partial charge in [-0.2, -0.15) is 0 Å². The van der Waals surface area contributed by atoms with Gasteiger partial charge in [0.15, 0.2) is 0 Å². The number of pyridine rings is 1. The third-order valence-corrected chi connectivity index (χ3v) is 7.16. The number of benzene rings is 2. The van der Waals surface area contributed by atoms with Gasteiger partial charge in [0.1, 0.15) is 0 Å². The van der Waals surface area contributed by atoms with Crippen LogP contribution in [0.15, 0.2) is 90.2 Å². The van der Waals surface area contributed by atoms with Crippen LogP contribution in [0.25, 0.3) is 47.8 Å². The van der Waals surface area contributed by atoms with Crippen molar-refractivity contribution in [1.29, 1.82) is 0 Å². The number of hydrogen-bond acceptors (Lipinski definition) is 3. The predicted octanol–water partition coefficient (Wildman–Crippen LogP) is 6.55. The molecule has 1 aliphatic carbocycles. The summed E-state index contributed by atoms with van der Waals surface area (Å²) in [5.41, 5.74) is 5.68. The molecular formula is C25H15N3S. The molecule has 2 aliphatic rings. The van der Waals surface area contributed by atoms with Crippen molar-refractivity contribution in [2.75, 3.05) is 0 Å². The molecule has 4 heteroatoms. The van der Waals surface area contributed by atoms with E-state index in [9.17, 15) is 0 Å². The van der Waals surface area contributed by atoms with Crippen molar-refractivity contribution in [1.82, 2.24) is 9.55 Å². The van der Waals surface area contributed by atoms with Crippen molar-refractivity contribution in [3.05, 3.63) is 85.2 Å². The van der Waals surface area contributed by atoms with Crippen molar-refractivity contribution >= 4 is 64.9 Å². The van der Waals surface area contributed by atoms with Crippen LogP contribution in [-0.4, -0.2) is 15.3 Å². The van der Waals surface area contributed by atoms with E-state index >= 15 is 0 Å². The summed E-state index contributed by atoms with van der Waals surface area (Å²) in [5, 5.41) is 3.86. The molecule has 29 heavy (non-hydrogen) atoms. The fourth-order valence-electron chi connectivity index (χ4n) is 4.69. The first kappa shape index (κ1) is 15.4. The maximum Gasteiger partial charge on any atom is 0.0977 e. The first-order chi connectivity index (χ1) is 14.4. The third kappa shape index (κ3) is 1.96. The Morgan fingerprint density at radius 3 is 2.86 bits per heavy atom. The minimum absolute atomic E-state index is 0.192. The van der Waals surface area contributed by atoms with Gasteiger partial charge in [-0.1, -0.05) is 42.5 Å². The molecule has 1 atom stereocenters. The van der Waals surface area contributed by atoms with Crippen LogP contribution < -0.4 is 0 Å². The Kier molecular flexibility index (Phi) is 2.94. The van der Waals surface area contributed by atoms with Crippen molar-refractivity contribution in [3.63, 3.8) is 0 Å². The fraction of sp³-hybridized carbons (Fsp3) is 0.0400. The molecule has 0 saturated heterocycles. The van der Waals surface area contributed by atoms with Gasteiger partial charge in [-0.15, -0.1) is 11.3 Å². The first-order valence-electron chi connectivity index (χ1n) is 9.72. The molecule has 0 N–H and O–H groups in total. The summed E-state index contributed by atoms with van der Waals surface area (Å²) in [5.74, 6) is 0.192. The van der Waals surface area contributed by atoms with E-state index in [2.05, 4.69) is 76.3 Å². The zero-order valence-electron chi connectivity index (χ0n) is 15.4. The Hall–Kier alpha value is -3.50. The smallest absolute Gasteiger partial charge is 0.0977 e.